The number of piperazine rings is 1. The second-order valence-corrected chi connectivity index (χ2v) is 7.69. The Hall–Kier alpha value is -3.07. The van der Waals surface area contributed by atoms with Crippen LogP contribution < -0.4 is 10.1 Å². The molecule has 9 heteroatoms. The van der Waals surface area contributed by atoms with Gasteiger partial charge in [0, 0.05) is 19.6 Å². The maximum Gasteiger partial charge on any atom is 0.397 e. The predicted octanol–water partition coefficient (Wildman–Crippen LogP) is 3.15. The van der Waals surface area contributed by atoms with Crippen molar-refractivity contribution in [2.24, 2.45) is 0 Å². The van der Waals surface area contributed by atoms with Crippen molar-refractivity contribution in [2.45, 2.75) is 18.6 Å². The summed E-state index contributed by atoms with van der Waals surface area (Å²) in [6.07, 6.45) is -6.02. The van der Waals surface area contributed by atoms with Crippen LogP contribution in [0, 0.1) is 0 Å². The zero-order chi connectivity index (χ0) is 22.0. The van der Waals surface area contributed by atoms with Gasteiger partial charge in [0.05, 0.1) is 18.3 Å². The third kappa shape index (κ3) is 5.16. The van der Waals surface area contributed by atoms with Gasteiger partial charge in [-0.1, -0.05) is 36.4 Å². The number of alkyl halides is 3. The standard InChI is InChI=1S/C22H22F3N3O3/c23-22(24,25)11-21(30)28-9-8-27-13-20(29)26-18-10-16(15-4-2-1-3-5-15)6-7-19(18)31-14-17(27)12-28/h1-7,10,17H,8-9,11-14H2,(H,26,29)/t17-/m0/s1. The summed E-state index contributed by atoms with van der Waals surface area (Å²) in [5.41, 5.74) is 2.45. The number of carbonyl (C=O) groups is 2. The highest BCUT2D eigenvalue weighted by atomic mass is 19.4. The highest BCUT2D eigenvalue weighted by molar-refractivity contribution is 5.94. The van der Waals surface area contributed by atoms with Gasteiger partial charge < -0.3 is 15.0 Å². The number of halogens is 3. The zero-order valence-electron chi connectivity index (χ0n) is 16.7. The van der Waals surface area contributed by atoms with Gasteiger partial charge >= 0.3 is 6.18 Å². The zero-order valence-corrected chi connectivity index (χ0v) is 16.7. The smallest absolute Gasteiger partial charge is 0.397 e. The number of hydrogen-bond donors (Lipinski definition) is 1. The van der Waals surface area contributed by atoms with E-state index in [0.717, 1.165) is 11.1 Å². The summed E-state index contributed by atoms with van der Waals surface area (Å²) >= 11 is 0. The van der Waals surface area contributed by atoms with Crippen LogP contribution in [0.25, 0.3) is 11.1 Å². The molecule has 0 bridgehead atoms. The Bertz CT molecular complexity index is 965. The average molecular weight is 433 g/mol. The van der Waals surface area contributed by atoms with Gasteiger partial charge in [0.15, 0.2) is 0 Å². The first-order valence-electron chi connectivity index (χ1n) is 9.99. The van der Waals surface area contributed by atoms with Crippen LogP contribution in [0.4, 0.5) is 18.9 Å². The molecule has 2 aliphatic rings. The van der Waals surface area contributed by atoms with E-state index in [1.54, 1.807) is 6.07 Å². The van der Waals surface area contributed by atoms with Crippen LogP contribution >= 0.6 is 0 Å². The maximum atomic E-state index is 12.6. The van der Waals surface area contributed by atoms with Crippen LogP contribution in [0.3, 0.4) is 0 Å². The molecule has 0 radical (unpaired) electrons. The summed E-state index contributed by atoms with van der Waals surface area (Å²) in [5.74, 6) is -0.713. The normalized spacial score (nSPS) is 19.8. The van der Waals surface area contributed by atoms with E-state index in [-0.39, 0.29) is 38.2 Å². The van der Waals surface area contributed by atoms with E-state index in [2.05, 4.69) is 5.32 Å². The maximum absolute atomic E-state index is 12.6. The quantitative estimate of drug-likeness (QED) is 0.791. The van der Waals surface area contributed by atoms with Crippen LogP contribution in [-0.2, 0) is 9.59 Å². The lowest BCUT2D eigenvalue weighted by Crippen LogP contribution is -2.58. The van der Waals surface area contributed by atoms with E-state index in [1.165, 1.54) is 4.90 Å². The molecule has 1 atom stereocenters. The first-order chi connectivity index (χ1) is 14.8. The van der Waals surface area contributed by atoms with E-state index in [4.69, 9.17) is 4.74 Å². The van der Waals surface area contributed by atoms with Crippen LogP contribution in [0.1, 0.15) is 6.42 Å². The van der Waals surface area contributed by atoms with Crippen molar-refractivity contribution in [1.29, 1.82) is 0 Å². The van der Waals surface area contributed by atoms with Crippen molar-refractivity contribution in [1.82, 2.24) is 9.80 Å². The fraction of sp³-hybridized carbons (Fsp3) is 0.364. The topological polar surface area (TPSA) is 61.9 Å². The molecule has 0 aliphatic carbocycles. The van der Waals surface area contributed by atoms with Gasteiger partial charge in [0.2, 0.25) is 11.8 Å². The minimum Gasteiger partial charge on any atom is -0.490 e. The molecule has 4 rings (SSSR count). The lowest BCUT2D eigenvalue weighted by Gasteiger charge is -2.40. The number of anilines is 1. The SMILES string of the molecule is O=C1CN2CCN(C(=O)CC(F)(F)F)C[C@H]2COc2ccc(-c3ccccc3)cc2N1. The van der Waals surface area contributed by atoms with Crippen LogP contribution in [0.15, 0.2) is 48.5 Å². The van der Waals surface area contributed by atoms with Crippen molar-refractivity contribution in [2.75, 3.05) is 38.1 Å². The van der Waals surface area contributed by atoms with Crippen LogP contribution in [0.2, 0.25) is 0 Å². The first-order valence-corrected chi connectivity index (χ1v) is 9.99. The Morgan fingerprint density at radius 3 is 2.61 bits per heavy atom. The number of amides is 2. The predicted molar refractivity (Wildman–Crippen MR) is 109 cm³/mol. The number of carbonyl (C=O) groups excluding carboxylic acids is 2. The van der Waals surface area contributed by atoms with Crippen molar-refractivity contribution < 1.29 is 27.5 Å². The summed E-state index contributed by atoms with van der Waals surface area (Å²) in [6.45, 7) is 0.757. The molecule has 0 aromatic heterocycles. The molecule has 0 saturated carbocycles. The van der Waals surface area contributed by atoms with Gasteiger partial charge in [0.25, 0.3) is 0 Å². The monoisotopic (exact) mass is 433 g/mol. The highest BCUT2D eigenvalue weighted by Gasteiger charge is 2.37. The summed E-state index contributed by atoms with van der Waals surface area (Å²) in [7, 11) is 0. The fourth-order valence-corrected chi connectivity index (χ4v) is 3.89. The van der Waals surface area contributed by atoms with Gasteiger partial charge in [0.1, 0.15) is 18.8 Å². The number of benzene rings is 2. The largest absolute Gasteiger partial charge is 0.490 e. The average Bonchev–Trinajstić information content (AvgIpc) is 2.79. The number of nitrogens with one attached hydrogen (secondary N) is 1. The summed E-state index contributed by atoms with van der Waals surface area (Å²) < 4.78 is 43.7. The Morgan fingerprint density at radius 2 is 1.87 bits per heavy atom. The molecular weight excluding hydrogens is 411 g/mol. The second-order valence-electron chi connectivity index (χ2n) is 7.69. The fourth-order valence-electron chi connectivity index (χ4n) is 3.89. The molecular formula is C22H22F3N3O3. The Balaban J connectivity index is 1.52. The molecule has 0 unspecified atom stereocenters. The van der Waals surface area contributed by atoms with Gasteiger partial charge in [-0.2, -0.15) is 13.2 Å². The molecule has 2 aromatic rings. The third-order valence-electron chi connectivity index (χ3n) is 5.45. The Morgan fingerprint density at radius 1 is 1.10 bits per heavy atom. The van der Waals surface area contributed by atoms with E-state index in [9.17, 15) is 22.8 Å². The lowest BCUT2D eigenvalue weighted by atomic mass is 10.0. The van der Waals surface area contributed by atoms with Gasteiger partial charge in [-0.15, -0.1) is 0 Å². The second kappa shape index (κ2) is 8.58. The molecule has 31 heavy (non-hydrogen) atoms. The molecule has 1 N–H and O–H groups in total. The molecule has 2 aromatic carbocycles. The molecule has 1 saturated heterocycles. The number of nitrogens with zero attached hydrogens (tertiary/aromatic N) is 2. The summed E-state index contributed by atoms with van der Waals surface area (Å²) in [5, 5.41) is 2.88. The van der Waals surface area contributed by atoms with Crippen molar-refractivity contribution in [3.63, 3.8) is 0 Å². The van der Waals surface area contributed by atoms with Gasteiger partial charge in [-0.05, 0) is 23.3 Å². The summed E-state index contributed by atoms with van der Waals surface area (Å²) in [4.78, 5) is 27.7. The van der Waals surface area contributed by atoms with E-state index >= 15 is 0 Å². The molecule has 164 valence electrons. The Labute approximate surface area is 177 Å². The van der Waals surface area contributed by atoms with Gasteiger partial charge in [-0.25, -0.2) is 0 Å². The molecule has 0 spiro atoms. The minimum atomic E-state index is -4.54. The molecule has 2 heterocycles. The minimum absolute atomic E-state index is 0.0737. The number of fused-ring (bicyclic) bond motifs is 2. The van der Waals surface area contributed by atoms with Crippen LogP contribution in [0.5, 0.6) is 5.75 Å². The highest BCUT2D eigenvalue weighted by Crippen LogP contribution is 2.32. The molecule has 6 nitrogen and oxygen atoms in total. The number of rotatable bonds is 2. The van der Waals surface area contributed by atoms with Crippen molar-refractivity contribution >= 4 is 17.5 Å². The third-order valence-corrected chi connectivity index (χ3v) is 5.45. The van der Waals surface area contributed by atoms with Gasteiger partial charge in [-0.3, -0.25) is 14.5 Å². The number of hydrogen-bond acceptors (Lipinski definition) is 4. The molecule has 2 aliphatic heterocycles. The Kier molecular flexibility index (Phi) is 5.86. The van der Waals surface area contributed by atoms with Crippen LogP contribution in [-0.4, -0.2) is 66.6 Å². The van der Waals surface area contributed by atoms with E-state index in [1.807, 2.05) is 47.4 Å². The van der Waals surface area contributed by atoms with E-state index in [0.29, 0.717) is 18.0 Å². The number of ether oxygens (including phenoxy) is 1. The molecule has 2 amide bonds. The first kappa shape index (κ1) is 21.2. The van der Waals surface area contributed by atoms with E-state index < -0.39 is 18.5 Å². The summed E-state index contributed by atoms with van der Waals surface area (Å²) in [6, 6.07) is 14.8. The molecule has 1 fully saturated rings. The van der Waals surface area contributed by atoms with Crippen molar-refractivity contribution in [3.8, 4) is 16.9 Å². The lowest BCUT2D eigenvalue weighted by molar-refractivity contribution is -0.163. The van der Waals surface area contributed by atoms with Crippen molar-refractivity contribution in [3.05, 3.63) is 48.5 Å².